The molecule has 1 aliphatic carbocycles. The van der Waals surface area contributed by atoms with Crippen molar-refractivity contribution in [2.75, 3.05) is 26.4 Å². The van der Waals surface area contributed by atoms with Gasteiger partial charge in [-0.1, -0.05) is 34.1 Å². The van der Waals surface area contributed by atoms with Crippen molar-refractivity contribution in [2.45, 2.75) is 23.9 Å². The maximum absolute atomic E-state index is 9.71. The Labute approximate surface area is 191 Å². The predicted molar refractivity (Wildman–Crippen MR) is 116 cm³/mol. The Morgan fingerprint density at radius 3 is 2.19 bits per heavy atom. The molecule has 0 amide bonds. The normalized spacial score (nSPS) is 27.9. The quantitative estimate of drug-likeness (QED) is 0.287. The minimum atomic E-state index is -1.95. The van der Waals surface area contributed by atoms with Crippen LogP contribution in [0.1, 0.15) is 11.5 Å². The molecule has 1 aromatic rings. The minimum Gasteiger partial charge on any atom is -0.376 e. The number of aliphatic hydroxyl groups is 2. The van der Waals surface area contributed by atoms with Crippen molar-refractivity contribution in [1.29, 1.82) is 0 Å². The molecule has 2 N–H and O–H groups in total. The van der Waals surface area contributed by atoms with Crippen LogP contribution in [0.4, 0.5) is 0 Å². The third kappa shape index (κ3) is 6.20. The van der Waals surface area contributed by atoms with Gasteiger partial charge >= 0.3 is 0 Å². The summed E-state index contributed by atoms with van der Waals surface area (Å²) in [4.78, 5) is 0. The lowest BCUT2D eigenvalue weighted by Crippen LogP contribution is -2.29. The molecule has 2 fully saturated rings. The van der Waals surface area contributed by atoms with Crippen LogP contribution in [0.15, 0.2) is 48.3 Å². The minimum absolute atomic E-state index is 0.0707. The summed E-state index contributed by atoms with van der Waals surface area (Å²) in [6.07, 6.45) is 3.90. The molecule has 5 nitrogen and oxygen atoms in total. The fourth-order valence-electron chi connectivity index (χ4n) is 2.36. The van der Waals surface area contributed by atoms with Gasteiger partial charge in [-0.25, -0.2) is 0 Å². The molecule has 0 bridgehead atoms. The lowest BCUT2D eigenvalue weighted by molar-refractivity contribution is -0.0783. The summed E-state index contributed by atoms with van der Waals surface area (Å²) < 4.78 is 18.0. The Morgan fingerprint density at radius 2 is 1.63 bits per heavy atom. The second-order valence-electron chi connectivity index (χ2n) is 6.32. The Kier molecular flexibility index (Phi) is 7.77. The first-order valence-electron chi connectivity index (χ1n) is 8.24. The van der Waals surface area contributed by atoms with Gasteiger partial charge in [-0.3, -0.25) is 0 Å². The Morgan fingerprint density at radius 1 is 1.04 bits per heavy atom. The van der Waals surface area contributed by atoms with Gasteiger partial charge in [-0.15, -0.1) is 0 Å². The summed E-state index contributed by atoms with van der Waals surface area (Å²) in [5.74, 6) is -2.02. The number of rotatable bonds is 5. The smallest absolute Gasteiger partial charge is 0.217 e. The average Bonchev–Trinajstić information content (AvgIpc) is 3.52. The van der Waals surface area contributed by atoms with Crippen molar-refractivity contribution >= 4 is 63.7 Å². The van der Waals surface area contributed by atoms with Gasteiger partial charge in [-0.2, -0.15) is 0 Å². The van der Waals surface area contributed by atoms with E-state index in [1.54, 1.807) is 6.08 Å². The van der Waals surface area contributed by atoms with Crippen molar-refractivity contribution in [3.05, 3.63) is 53.8 Å². The van der Waals surface area contributed by atoms with Crippen molar-refractivity contribution in [1.82, 2.24) is 0 Å². The van der Waals surface area contributed by atoms with Gasteiger partial charge in [0, 0.05) is 19.3 Å². The standard InChI is InChI=1S/C12H8Br4O2.C6H10O3/c13-8-3-1-2-6(9(8)14)7-4-5-12(17,18)11(16)10(7)15;1(5-3-8-5)7-2-6-4-9-6/h1-5,7,17-18H;5-6H,1-4H2. The number of benzene rings is 1. The fourth-order valence-corrected chi connectivity index (χ4v) is 4.32. The van der Waals surface area contributed by atoms with E-state index in [1.165, 1.54) is 6.08 Å². The molecule has 0 aromatic heterocycles. The van der Waals surface area contributed by atoms with E-state index in [0.29, 0.717) is 21.2 Å². The lowest BCUT2D eigenvalue weighted by atomic mass is 9.93. The number of hydrogen-bond acceptors (Lipinski definition) is 5. The second-order valence-corrected chi connectivity index (χ2v) is 9.61. The zero-order valence-electron chi connectivity index (χ0n) is 14.1. The molecule has 2 heterocycles. The Balaban J connectivity index is 0.000000193. The van der Waals surface area contributed by atoms with Crippen molar-refractivity contribution in [2.24, 2.45) is 0 Å². The van der Waals surface area contributed by atoms with E-state index in [4.69, 9.17) is 14.2 Å². The van der Waals surface area contributed by atoms with E-state index in [1.807, 2.05) is 18.2 Å². The van der Waals surface area contributed by atoms with Crippen LogP contribution in [0.5, 0.6) is 0 Å². The summed E-state index contributed by atoms with van der Waals surface area (Å²) in [5.41, 5.74) is 1.03. The van der Waals surface area contributed by atoms with Crippen molar-refractivity contribution in [3.63, 3.8) is 0 Å². The molecule has 2 saturated heterocycles. The molecule has 3 aliphatic rings. The zero-order valence-corrected chi connectivity index (χ0v) is 20.4. The molecule has 0 spiro atoms. The van der Waals surface area contributed by atoms with E-state index < -0.39 is 5.79 Å². The molecule has 1 aromatic carbocycles. The van der Waals surface area contributed by atoms with Crippen LogP contribution >= 0.6 is 63.7 Å². The number of halogens is 4. The van der Waals surface area contributed by atoms with E-state index in [2.05, 4.69) is 63.7 Å². The van der Waals surface area contributed by atoms with Gasteiger partial charge in [-0.05, 0) is 65.5 Å². The highest BCUT2D eigenvalue weighted by atomic mass is 79.9. The molecule has 0 radical (unpaired) electrons. The topological polar surface area (TPSA) is 74.8 Å². The third-order valence-corrected chi connectivity index (χ3v) is 8.57. The number of epoxide rings is 2. The van der Waals surface area contributed by atoms with E-state index in [-0.39, 0.29) is 5.92 Å². The molecule has 3 atom stereocenters. The van der Waals surface area contributed by atoms with Crippen molar-refractivity contribution in [3.8, 4) is 0 Å². The monoisotopic (exact) mass is 630 g/mol. The lowest BCUT2D eigenvalue weighted by Gasteiger charge is -2.27. The van der Waals surface area contributed by atoms with Gasteiger partial charge in [0.1, 0.15) is 12.2 Å². The summed E-state index contributed by atoms with van der Waals surface area (Å²) in [7, 11) is 0. The van der Waals surface area contributed by atoms with Crippen LogP contribution in [0.2, 0.25) is 0 Å². The summed E-state index contributed by atoms with van der Waals surface area (Å²) in [6.45, 7) is 3.26. The van der Waals surface area contributed by atoms with Gasteiger partial charge in [0.15, 0.2) is 0 Å². The predicted octanol–water partition coefficient (Wildman–Crippen LogP) is 4.35. The van der Waals surface area contributed by atoms with Crippen LogP contribution in [0.25, 0.3) is 0 Å². The molecular formula is C18H18Br4O5. The Hall–Kier alpha value is 0.420. The van der Waals surface area contributed by atoms with E-state index in [0.717, 1.165) is 40.9 Å². The van der Waals surface area contributed by atoms with Gasteiger partial charge < -0.3 is 24.4 Å². The summed E-state index contributed by atoms with van der Waals surface area (Å²) >= 11 is 13.6. The first kappa shape index (κ1) is 22.1. The maximum Gasteiger partial charge on any atom is 0.217 e. The van der Waals surface area contributed by atoms with Gasteiger partial charge in [0.25, 0.3) is 0 Å². The third-order valence-electron chi connectivity index (χ3n) is 4.06. The first-order valence-corrected chi connectivity index (χ1v) is 11.4. The summed E-state index contributed by atoms with van der Waals surface area (Å²) in [5, 5.41) is 19.4. The zero-order chi connectivity index (χ0) is 19.6. The Bertz CT molecular complexity index is 729. The molecule has 4 rings (SSSR count). The molecule has 27 heavy (non-hydrogen) atoms. The maximum atomic E-state index is 9.71. The number of hydrogen-bond donors (Lipinski definition) is 2. The average molecular weight is 634 g/mol. The van der Waals surface area contributed by atoms with Crippen molar-refractivity contribution < 1.29 is 24.4 Å². The molecule has 148 valence electrons. The van der Waals surface area contributed by atoms with E-state index >= 15 is 0 Å². The van der Waals surface area contributed by atoms with Crippen LogP contribution in [0, 0.1) is 0 Å². The fraction of sp³-hybridized carbons (Fsp3) is 0.444. The van der Waals surface area contributed by atoms with Crippen LogP contribution in [-0.2, 0) is 14.2 Å². The second kappa shape index (κ2) is 9.49. The van der Waals surface area contributed by atoms with Crippen LogP contribution in [-0.4, -0.2) is 54.6 Å². The van der Waals surface area contributed by atoms with Gasteiger partial charge in [0.2, 0.25) is 5.79 Å². The van der Waals surface area contributed by atoms with E-state index in [9.17, 15) is 10.2 Å². The molecule has 0 saturated carbocycles. The number of ether oxygens (including phenoxy) is 3. The van der Waals surface area contributed by atoms with Gasteiger partial charge in [0.05, 0.1) is 30.9 Å². The highest BCUT2D eigenvalue weighted by Crippen LogP contribution is 2.45. The van der Waals surface area contributed by atoms with Crippen LogP contribution < -0.4 is 0 Å². The SMILES string of the molecule is C(OCC1CO1)C1CO1.OC1(O)C=CC(c2cccc(Br)c2Br)C(Br)=C1Br. The highest BCUT2D eigenvalue weighted by Gasteiger charge is 2.33. The molecule has 3 unspecified atom stereocenters. The molecule has 2 aliphatic heterocycles. The first-order chi connectivity index (χ1) is 12.8. The summed E-state index contributed by atoms with van der Waals surface area (Å²) in [6, 6.07) is 5.86. The van der Waals surface area contributed by atoms with Crippen LogP contribution in [0.3, 0.4) is 0 Å². The highest BCUT2D eigenvalue weighted by molar-refractivity contribution is 9.14. The largest absolute Gasteiger partial charge is 0.376 e. The number of allylic oxidation sites excluding steroid dienone is 2. The molecular weight excluding hydrogens is 616 g/mol. The molecule has 9 heteroatoms.